The summed E-state index contributed by atoms with van der Waals surface area (Å²) < 4.78 is 20.8. The first-order valence-corrected chi connectivity index (χ1v) is 9.91. The Morgan fingerprint density at radius 1 is 1.04 bits per heavy atom. The summed E-state index contributed by atoms with van der Waals surface area (Å²) in [5, 5.41) is 3.39. The van der Waals surface area contributed by atoms with Gasteiger partial charge in [-0.25, -0.2) is 14.4 Å². The molecule has 1 saturated heterocycles. The standard InChI is InChI=1S/C21H20BrFN4O/c22-16-6-7-17(18(23)12-16)21(15-4-2-1-3-5-15)26-19-13-20(25-14-24-19)27-8-10-28-11-9-27/h1-7,12-14,21H,8-11H2,(H,24,25,26). The van der Waals surface area contributed by atoms with Gasteiger partial charge in [0.1, 0.15) is 23.8 Å². The topological polar surface area (TPSA) is 50.3 Å². The van der Waals surface area contributed by atoms with E-state index in [2.05, 4.69) is 36.1 Å². The smallest absolute Gasteiger partial charge is 0.134 e. The fraction of sp³-hybridized carbons (Fsp3) is 0.238. The number of aromatic nitrogens is 2. The zero-order chi connectivity index (χ0) is 19.3. The minimum atomic E-state index is -0.373. The summed E-state index contributed by atoms with van der Waals surface area (Å²) in [6, 6.07) is 16.4. The maximum absolute atomic E-state index is 14.7. The van der Waals surface area contributed by atoms with E-state index < -0.39 is 0 Å². The second kappa shape index (κ2) is 8.67. The highest BCUT2D eigenvalue weighted by Gasteiger charge is 2.20. The van der Waals surface area contributed by atoms with Gasteiger partial charge >= 0.3 is 0 Å². The zero-order valence-corrected chi connectivity index (χ0v) is 16.8. The molecular formula is C21H20BrFN4O. The van der Waals surface area contributed by atoms with Gasteiger partial charge in [-0.1, -0.05) is 52.3 Å². The molecule has 0 saturated carbocycles. The van der Waals surface area contributed by atoms with E-state index in [9.17, 15) is 4.39 Å². The van der Waals surface area contributed by atoms with Crippen LogP contribution in [0, 0.1) is 5.82 Å². The summed E-state index contributed by atoms with van der Waals surface area (Å²) in [6.45, 7) is 2.95. The number of nitrogens with one attached hydrogen (secondary N) is 1. The van der Waals surface area contributed by atoms with Crippen molar-refractivity contribution in [1.29, 1.82) is 0 Å². The lowest BCUT2D eigenvalue weighted by molar-refractivity contribution is 0.122. The number of benzene rings is 2. The van der Waals surface area contributed by atoms with Gasteiger partial charge < -0.3 is 15.0 Å². The van der Waals surface area contributed by atoms with Crippen molar-refractivity contribution in [3.63, 3.8) is 0 Å². The molecular weight excluding hydrogens is 423 g/mol. The number of halogens is 2. The monoisotopic (exact) mass is 442 g/mol. The molecule has 1 fully saturated rings. The van der Waals surface area contributed by atoms with Gasteiger partial charge in [0.2, 0.25) is 0 Å². The van der Waals surface area contributed by atoms with Crippen LogP contribution in [0.25, 0.3) is 0 Å². The second-order valence-electron chi connectivity index (χ2n) is 6.51. The Morgan fingerprint density at radius 3 is 2.57 bits per heavy atom. The Morgan fingerprint density at radius 2 is 1.82 bits per heavy atom. The van der Waals surface area contributed by atoms with Crippen molar-refractivity contribution in [3.8, 4) is 0 Å². The van der Waals surface area contributed by atoms with Gasteiger partial charge in [0, 0.05) is 29.2 Å². The lowest BCUT2D eigenvalue weighted by atomic mass is 9.98. The van der Waals surface area contributed by atoms with Crippen LogP contribution >= 0.6 is 15.9 Å². The summed E-state index contributed by atoms with van der Waals surface area (Å²) in [4.78, 5) is 10.9. The Balaban J connectivity index is 1.66. The fourth-order valence-electron chi connectivity index (χ4n) is 3.26. The lowest BCUT2D eigenvalue weighted by Crippen LogP contribution is -2.36. The summed E-state index contributed by atoms with van der Waals surface area (Å²) >= 11 is 3.33. The minimum Gasteiger partial charge on any atom is -0.378 e. The van der Waals surface area contributed by atoms with Gasteiger partial charge in [-0.3, -0.25) is 0 Å². The van der Waals surface area contributed by atoms with E-state index in [0.29, 0.717) is 29.1 Å². The van der Waals surface area contributed by atoms with E-state index in [-0.39, 0.29) is 11.9 Å². The van der Waals surface area contributed by atoms with Crippen LogP contribution in [0.2, 0.25) is 0 Å². The number of anilines is 2. The molecule has 0 amide bonds. The Bertz CT molecular complexity index is 935. The molecule has 5 nitrogen and oxygen atoms in total. The molecule has 2 heterocycles. The molecule has 2 aromatic carbocycles. The summed E-state index contributed by atoms with van der Waals surface area (Å²) in [5.74, 6) is 1.20. The van der Waals surface area contributed by atoms with Crippen LogP contribution in [0.4, 0.5) is 16.0 Å². The Kier molecular flexibility index (Phi) is 5.83. The number of morpholine rings is 1. The normalized spacial score (nSPS) is 15.3. The summed E-state index contributed by atoms with van der Waals surface area (Å²) in [6.07, 6.45) is 1.53. The molecule has 1 unspecified atom stereocenters. The quantitative estimate of drug-likeness (QED) is 0.633. The largest absolute Gasteiger partial charge is 0.378 e. The maximum atomic E-state index is 14.7. The van der Waals surface area contributed by atoms with Crippen molar-refractivity contribution in [2.24, 2.45) is 0 Å². The van der Waals surface area contributed by atoms with E-state index in [1.165, 1.54) is 12.4 Å². The van der Waals surface area contributed by atoms with Crippen LogP contribution in [-0.2, 0) is 4.74 Å². The van der Waals surface area contributed by atoms with Crippen LogP contribution < -0.4 is 10.2 Å². The molecule has 1 N–H and O–H groups in total. The predicted octanol–water partition coefficient (Wildman–Crippen LogP) is 4.42. The number of rotatable bonds is 5. The zero-order valence-electron chi connectivity index (χ0n) is 15.2. The van der Waals surface area contributed by atoms with E-state index in [0.717, 1.165) is 24.5 Å². The highest BCUT2D eigenvalue weighted by Crippen LogP contribution is 2.30. The molecule has 28 heavy (non-hydrogen) atoms. The lowest BCUT2D eigenvalue weighted by Gasteiger charge is -2.28. The second-order valence-corrected chi connectivity index (χ2v) is 7.43. The molecule has 1 atom stereocenters. The first-order chi connectivity index (χ1) is 13.7. The first kappa shape index (κ1) is 18.8. The number of nitrogens with zero attached hydrogens (tertiary/aromatic N) is 3. The fourth-order valence-corrected chi connectivity index (χ4v) is 3.59. The molecule has 144 valence electrons. The molecule has 0 bridgehead atoms. The third-order valence-electron chi connectivity index (χ3n) is 4.69. The predicted molar refractivity (Wildman–Crippen MR) is 111 cm³/mol. The van der Waals surface area contributed by atoms with Crippen LogP contribution in [-0.4, -0.2) is 36.3 Å². The highest BCUT2D eigenvalue weighted by molar-refractivity contribution is 9.10. The van der Waals surface area contributed by atoms with E-state index >= 15 is 0 Å². The Labute approximate surface area is 171 Å². The average Bonchev–Trinajstić information content (AvgIpc) is 2.74. The van der Waals surface area contributed by atoms with Crippen LogP contribution in [0.15, 0.2) is 65.4 Å². The van der Waals surface area contributed by atoms with Gasteiger partial charge in [0.15, 0.2) is 0 Å². The maximum Gasteiger partial charge on any atom is 0.134 e. The van der Waals surface area contributed by atoms with Crippen LogP contribution in [0.5, 0.6) is 0 Å². The first-order valence-electron chi connectivity index (χ1n) is 9.12. The van der Waals surface area contributed by atoms with Crippen molar-refractivity contribution in [1.82, 2.24) is 9.97 Å². The molecule has 0 aliphatic carbocycles. The molecule has 3 aromatic rings. The van der Waals surface area contributed by atoms with E-state index in [1.54, 1.807) is 6.07 Å². The van der Waals surface area contributed by atoms with E-state index in [4.69, 9.17) is 4.74 Å². The van der Waals surface area contributed by atoms with Crippen molar-refractivity contribution in [2.75, 3.05) is 36.5 Å². The molecule has 0 spiro atoms. The SMILES string of the molecule is Fc1cc(Br)ccc1C(Nc1cc(N2CCOCC2)ncn1)c1ccccc1. The third kappa shape index (κ3) is 4.31. The van der Waals surface area contributed by atoms with E-state index in [1.807, 2.05) is 42.5 Å². The molecule has 0 radical (unpaired) electrons. The van der Waals surface area contributed by atoms with Gasteiger partial charge in [0.25, 0.3) is 0 Å². The van der Waals surface area contributed by atoms with Crippen molar-refractivity contribution < 1.29 is 9.13 Å². The summed E-state index contributed by atoms with van der Waals surface area (Å²) in [5.41, 5.74) is 1.51. The van der Waals surface area contributed by atoms with Gasteiger partial charge in [-0.2, -0.15) is 0 Å². The number of hydrogen-bond donors (Lipinski definition) is 1. The number of ether oxygens (including phenoxy) is 1. The van der Waals surface area contributed by atoms with Crippen molar-refractivity contribution in [3.05, 3.63) is 82.3 Å². The van der Waals surface area contributed by atoms with Crippen molar-refractivity contribution >= 4 is 27.6 Å². The molecule has 1 aliphatic rings. The van der Waals surface area contributed by atoms with Crippen LogP contribution in [0.3, 0.4) is 0 Å². The van der Waals surface area contributed by atoms with Gasteiger partial charge in [-0.05, 0) is 17.7 Å². The Hall–Kier alpha value is -2.51. The summed E-state index contributed by atoms with van der Waals surface area (Å²) in [7, 11) is 0. The van der Waals surface area contributed by atoms with Gasteiger partial charge in [-0.15, -0.1) is 0 Å². The highest BCUT2D eigenvalue weighted by atomic mass is 79.9. The average molecular weight is 443 g/mol. The minimum absolute atomic E-state index is 0.279. The van der Waals surface area contributed by atoms with Crippen molar-refractivity contribution in [2.45, 2.75) is 6.04 Å². The number of hydrogen-bond acceptors (Lipinski definition) is 5. The molecule has 1 aliphatic heterocycles. The third-order valence-corrected chi connectivity index (χ3v) is 5.18. The molecule has 7 heteroatoms. The molecule has 1 aromatic heterocycles. The molecule has 4 rings (SSSR count). The van der Waals surface area contributed by atoms with Gasteiger partial charge in [0.05, 0.1) is 19.3 Å². The van der Waals surface area contributed by atoms with Crippen LogP contribution in [0.1, 0.15) is 17.2 Å².